The Morgan fingerprint density at radius 2 is 1.89 bits per heavy atom. The molecule has 0 spiro atoms. The second kappa shape index (κ2) is 6.07. The monoisotopic (exact) mass is 330 g/mol. The number of hydrogen-bond donors (Lipinski definition) is 2. The molecule has 0 aliphatic carbocycles. The summed E-state index contributed by atoms with van der Waals surface area (Å²) in [6.45, 7) is 4.88. The van der Waals surface area contributed by atoms with Crippen LogP contribution in [0.2, 0.25) is 0 Å². The maximum atomic E-state index is 12.4. The van der Waals surface area contributed by atoms with Gasteiger partial charge in [0.15, 0.2) is 0 Å². The van der Waals surface area contributed by atoms with E-state index in [1.807, 2.05) is 13.8 Å². The van der Waals surface area contributed by atoms with Crippen molar-refractivity contribution in [3.8, 4) is 0 Å². The molecule has 5 nitrogen and oxygen atoms in total. The van der Waals surface area contributed by atoms with E-state index in [-0.39, 0.29) is 10.2 Å². The number of hydrogen-bond acceptors (Lipinski definition) is 3. The lowest BCUT2D eigenvalue weighted by Crippen LogP contribution is -2.26. The van der Waals surface area contributed by atoms with Crippen molar-refractivity contribution >= 4 is 27.7 Å². The van der Waals surface area contributed by atoms with Gasteiger partial charge in [-0.05, 0) is 22.9 Å². The highest BCUT2D eigenvalue weighted by Crippen LogP contribution is 2.33. The molecule has 1 aromatic rings. The first kappa shape index (κ1) is 16.8. The number of amides is 1. The van der Waals surface area contributed by atoms with Gasteiger partial charge in [0, 0.05) is 0 Å². The Morgan fingerprint density at radius 1 is 1.44 bits per heavy atom. The lowest BCUT2D eigenvalue weighted by atomic mass is 10.3. The van der Waals surface area contributed by atoms with Gasteiger partial charge in [-0.1, -0.05) is 13.8 Å². The Morgan fingerprint density at radius 3 is 2.17 bits per heavy atom. The minimum absolute atomic E-state index is 0.103. The predicted octanol–water partition coefficient (Wildman–Crippen LogP) is 2.48. The summed E-state index contributed by atoms with van der Waals surface area (Å²) in [6, 6.07) is -1.93. The Labute approximate surface area is 110 Å². The smallest absolute Gasteiger partial charge is 0.383 e. The minimum Gasteiger partial charge on any atom is -0.383 e. The van der Waals surface area contributed by atoms with E-state index in [9.17, 15) is 18.0 Å². The van der Waals surface area contributed by atoms with Crippen LogP contribution in [0.25, 0.3) is 0 Å². The summed E-state index contributed by atoms with van der Waals surface area (Å²) in [5.74, 6) is -1.35. The molecule has 1 unspecified atom stereocenters. The van der Waals surface area contributed by atoms with Crippen molar-refractivity contribution in [2.45, 2.75) is 33.0 Å². The van der Waals surface area contributed by atoms with Crippen LogP contribution in [0.15, 0.2) is 4.60 Å². The van der Waals surface area contributed by atoms with Crippen LogP contribution in [-0.2, 0) is 0 Å². The number of nitrogen functional groups attached to an aromatic ring is 1. The molecule has 104 valence electrons. The topological polar surface area (TPSA) is 86.9 Å². The van der Waals surface area contributed by atoms with Crippen LogP contribution in [0, 0.1) is 0 Å². The third-order valence-electron chi connectivity index (χ3n) is 1.99. The molecule has 0 saturated carbocycles. The SMILES string of the molecule is CC.CC(n1nc(Br)c(C(N)=O)c1N)C(F)(F)F. The number of carbonyl (C=O) groups is 1. The average Bonchev–Trinajstić information content (AvgIpc) is 2.54. The van der Waals surface area contributed by atoms with Crippen LogP contribution in [0.4, 0.5) is 19.0 Å². The van der Waals surface area contributed by atoms with E-state index in [4.69, 9.17) is 11.5 Å². The number of nitrogens with two attached hydrogens (primary N) is 2. The first-order valence-electron chi connectivity index (χ1n) is 5.06. The fourth-order valence-corrected chi connectivity index (χ4v) is 1.65. The van der Waals surface area contributed by atoms with Crippen LogP contribution in [-0.4, -0.2) is 21.9 Å². The summed E-state index contributed by atoms with van der Waals surface area (Å²) in [7, 11) is 0. The van der Waals surface area contributed by atoms with Crippen molar-refractivity contribution in [2.24, 2.45) is 5.73 Å². The largest absolute Gasteiger partial charge is 0.410 e. The fraction of sp³-hybridized carbons (Fsp3) is 0.556. The molecule has 18 heavy (non-hydrogen) atoms. The minimum atomic E-state index is -4.51. The second-order valence-electron chi connectivity index (χ2n) is 3.08. The summed E-state index contributed by atoms with van der Waals surface area (Å²) in [4.78, 5) is 10.9. The molecule has 1 heterocycles. The van der Waals surface area contributed by atoms with Gasteiger partial charge in [-0.15, -0.1) is 0 Å². The van der Waals surface area contributed by atoms with Crippen molar-refractivity contribution in [3.63, 3.8) is 0 Å². The summed E-state index contributed by atoms with van der Waals surface area (Å²) in [5.41, 5.74) is 10.1. The van der Waals surface area contributed by atoms with E-state index in [2.05, 4.69) is 21.0 Å². The number of primary amides is 1. The van der Waals surface area contributed by atoms with E-state index in [1.165, 1.54) is 0 Å². The van der Waals surface area contributed by atoms with Crippen molar-refractivity contribution in [3.05, 3.63) is 10.2 Å². The van der Waals surface area contributed by atoms with Crippen LogP contribution >= 0.6 is 15.9 Å². The van der Waals surface area contributed by atoms with Gasteiger partial charge in [0.25, 0.3) is 5.91 Å². The number of carbonyl (C=O) groups excluding carboxylic acids is 1. The van der Waals surface area contributed by atoms with E-state index in [0.29, 0.717) is 4.68 Å². The molecule has 0 fully saturated rings. The molecule has 1 atom stereocenters. The van der Waals surface area contributed by atoms with Crippen LogP contribution in [0.1, 0.15) is 37.2 Å². The van der Waals surface area contributed by atoms with Gasteiger partial charge < -0.3 is 11.5 Å². The molecule has 9 heteroatoms. The van der Waals surface area contributed by atoms with Gasteiger partial charge in [0.1, 0.15) is 22.0 Å². The highest BCUT2D eigenvalue weighted by molar-refractivity contribution is 9.10. The molecule has 1 aromatic heterocycles. The Kier molecular flexibility index (Phi) is 5.65. The average molecular weight is 331 g/mol. The second-order valence-corrected chi connectivity index (χ2v) is 3.83. The number of nitrogens with zero attached hydrogens (tertiary/aromatic N) is 2. The predicted molar refractivity (Wildman–Crippen MR) is 65.0 cm³/mol. The number of rotatable bonds is 2. The van der Waals surface area contributed by atoms with Gasteiger partial charge >= 0.3 is 6.18 Å². The number of alkyl halides is 3. The van der Waals surface area contributed by atoms with Gasteiger partial charge in [0.2, 0.25) is 0 Å². The molecule has 0 aromatic carbocycles. The molecule has 0 bridgehead atoms. The Hall–Kier alpha value is -1.25. The summed E-state index contributed by atoms with van der Waals surface area (Å²) in [5, 5.41) is 3.49. The van der Waals surface area contributed by atoms with E-state index < -0.39 is 23.9 Å². The molecule has 0 radical (unpaired) electrons. The summed E-state index contributed by atoms with van der Waals surface area (Å²) < 4.78 is 37.6. The van der Waals surface area contributed by atoms with E-state index in [1.54, 1.807) is 0 Å². The third kappa shape index (κ3) is 3.37. The zero-order chi connectivity index (χ0) is 14.7. The standard InChI is InChI=1S/C7H8BrF3N4O.C2H6/c1-2(7(9,10)11)15-5(12)3(6(13)16)4(8)14-15;1-2/h2H,12H2,1H3,(H2,13,16);1-2H3. The van der Waals surface area contributed by atoms with Gasteiger partial charge in [-0.25, -0.2) is 4.68 Å². The molecular weight excluding hydrogens is 317 g/mol. The van der Waals surface area contributed by atoms with Gasteiger partial charge in [0.05, 0.1) is 0 Å². The molecule has 1 rings (SSSR count). The lowest BCUT2D eigenvalue weighted by molar-refractivity contribution is -0.164. The number of anilines is 1. The van der Waals surface area contributed by atoms with Crippen molar-refractivity contribution < 1.29 is 18.0 Å². The number of aromatic nitrogens is 2. The first-order chi connectivity index (χ1) is 8.16. The highest BCUT2D eigenvalue weighted by atomic mass is 79.9. The molecule has 0 saturated heterocycles. The number of halogens is 4. The van der Waals surface area contributed by atoms with Crippen LogP contribution in [0.5, 0.6) is 0 Å². The molecule has 4 N–H and O–H groups in total. The Balaban J connectivity index is 0.00000137. The molecule has 0 aliphatic rings. The van der Waals surface area contributed by atoms with Gasteiger partial charge in [-0.2, -0.15) is 18.3 Å². The Bertz CT molecular complexity index is 430. The van der Waals surface area contributed by atoms with Crippen LogP contribution in [0.3, 0.4) is 0 Å². The van der Waals surface area contributed by atoms with E-state index >= 15 is 0 Å². The fourth-order valence-electron chi connectivity index (χ4n) is 1.08. The van der Waals surface area contributed by atoms with Crippen molar-refractivity contribution in [2.75, 3.05) is 5.73 Å². The quantitative estimate of drug-likeness (QED) is 0.873. The molecular formula is C9H14BrF3N4O. The highest BCUT2D eigenvalue weighted by Gasteiger charge is 2.40. The maximum Gasteiger partial charge on any atom is 0.410 e. The van der Waals surface area contributed by atoms with Gasteiger partial charge in [-0.3, -0.25) is 4.79 Å². The zero-order valence-corrected chi connectivity index (χ0v) is 11.6. The third-order valence-corrected chi connectivity index (χ3v) is 2.55. The first-order valence-corrected chi connectivity index (χ1v) is 5.85. The summed E-state index contributed by atoms with van der Waals surface area (Å²) in [6.07, 6.45) is -4.51. The maximum absolute atomic E-state index is 12.4. The zero-order valence-electron chi connectivity index (χ0n) is 10.0. The molecule has 0 aliphatic heterocycles. The van der Waals surface area contributed by atoms with Crippen molar-refractivity contribution in [1.82, 2.24) is 9.78 Å². The normalized spacial score (nSPS) is 12.6. The van der Waals surface area contributed by atoms with E-state index in [0.717, 1.165) is 6.92 Å². The molecule has 1 amide bonds. The summed E-state index contributed by atoms with van der Waals surface area (Å²) >= 11 is 2.82. The van der Waals surface area contributed by atoms with Crippen LogP contribution < -0.4 is 11.5 Å². The van der Waals surface area contributed by atoms with Crippen molar-refractivity contribution in [1.29, 1.82) is 0 Å². The lowest BCUT2D eigenvalue weighted by Gasteiger charge is -2.17.